The zero-order chi connectivity index (χ0) is 14.6. The van der Waals surface area contributed by atoms with Crippen LogP contribution in [0.5, 0.6) is 0 Å². The Balaban J connectivity index is 3.14. The minimum Gasteiger partial charge on any atom is -0.399 e. The van der Waals surface area contributed by atoms with Gasteiger partial charge in [-0.3, -0.25) is 0 Å². The van der Waals surface area contributed by atoms with Gasteiger partial charge >= 0.3 is 0 Å². The monoisotopic (exact) mass is 286 g/mol. The van der Waals surface area contributed by atoms with E-state index in [1.807, 2.05) is 6.92 Å². The van der Waals surface area contributed by atoms with Gasteiger partial charge in [0, 0.05) is 18.8 Å². The molecule has 0 fully saturated rings. The van der Waals surface area contributed by atoms with Crippen LogP contribution < -0.4 is 10.5 Å². The number of methoxy groups -OCH3 is 1. The van der Waals surface area contributed by atoms with Gasteiger partial charge in [0.15, 0.2) is 0 Å². The smallest absolute Gasteiger partial charge is 0.241 e. The largest absolute Gasteiger partial charge is 0.399 e. The van der Waals surface area contributed by atoms with Crippen molar-refractivity contribution in [3.05, 3.63) is 23.3 Å². The van der Waals surface area contributed by atoms with Crippen molar-refractivity contribution in [2.45, 2.75) is 38.1 Å². The summed E-state index contributed by atoms with van der Waals surface area (Å²) in [5, 5.41) is 0. The summed E-state index contributed by atoms with van der Waals surface area (Å²) >= 11 is 0. The van der Waals surface area contributed by atoms with Crippen LogP contribution in [0.2, 0.25) is 0 Å². The van der Waals surface area contributed by atoms with Crippen LogP contribution in [0.15, 0.2) is 17.0 Å². The first-order chi connectivity index (χ1) is 8.81. The van der Waals surface area contributed by atoms with Crippen molar-refractivity contribution >= 4 is 15.7 Å². The van der Waals surface area contributed by atoms with E-state index in [-0.39, 0.29) is 6.04 Å². The third-order valence-electron chi connectivity index (χ3n) is 2.93. The number of hydrogen-bond acceptors (Lipinski definition) is 4. The van der Waals surface area contributed by atoms with Gasteiger partial charge in [0.25, 0.3) is 0 Å². The van der Waals surface area contributed by atoms with Gasteiger partial charge in [-0.25, -0.2) is 13.1 Å². The van der Waals surface area contributed by atoms with Gasteiger partial charge in [-0.1, -0.05) is 6.92 Å². The Labute approximate surface area is 115 Å². The second-order valence-corrected chi connectivity index (χ2v) is 6.32. The Morgan fingerprint density at radius 1 is 1.32 bits per heavy atom. The quantitative estimate of drug-likeness (QED) is 0.778. The maximum absolute atomic E-state index is 12.4. The molecular formula is C13H22N2O3S. The predicted molar refractivity (Wildman–Crippen MR) is 76.6 cm³/mol. The van der Waals surface area contributed by atoms with Crippen molar-refractivity contribution in [3.63, 3.8) is 0 Å². The lowest BCUT2D eigenvalue weighted by molar-refractivity contribution is 0.173. The molecule has 1 unspecified atom stereocenters. The van der Waals surface area contributed by atoms with Gasteiger partial charge in [-0.2, -0.15) is 0 Å². The van der Waals surface area contributed by atoms with E-state index in [0.29, 0.717) is 34.7 Å². The molecule has 0 heterocycles. The molecule has 0 aliphatic rings. The van der Waals surface area contributed by atoms with E-state index >= 15 is 0 Å². The van der Waals surface area contributed by atoms with E-state index in [9.17, 15) is 8.42 Å². The normalized spacial score (nSPS) is 13.5. The fourth-order valence-corrected chi connectivity index (χ4v) is 3.88. The van der Waals surface area contributed by atoms with E-state index in [4.69, 9.17) is 10.5 Å². The Kier molecular flexibility index (Phi) is 5.34. The molecule has 0 bridgehead atoms. The first kappa shape index (κ1) is 15.9. The van der Waals surface area contributed by atoms with Gasteiger partial charge in [0.05, 0.1) is 11.5 Å². The van der Waals surface area contributed by atoms with Crippen LogP contribution in [0.25, 0.3) is 0 Å². The first-order valence-corrected chi connectivity index (χ1v) is 7.68. The van der Waals surface area contributed by atoms with Crippen LogP contribution in [0, 0.1) is 13.8 Å². The highest BCUT2D eigenvalue weighted by molar-refractivity contribution is 7.89. The summed E-state index contributed by atoms with van der Waals surface area (Å²) < 4.78 is 32.5. The lowest BCUT2D eigenvalue weighted by atomic mass is 10.1. The lowest BCUT2D eigenvalue weighted by Crippen LogP contribution is -2.38. The molecule has 1 rings (SSSR count). The van der Waals surface area contributed by atoms with E-state index in [2.05, 4.69) is 4.72 Å². The van der Waals surface area contributed by atoms with Gasteiger partial charge < -0.3 is 10.5 Å². The number of ether oxygens (including phenoxy) is 1. The number of nitrogens with two attached hydrogens (primary N) is 1. The minimum absolute atomic E-state index is 0.230. The molecule has 19 heavy (non-hydrogen) atoms. The average Bonchev–Trinajstić information content (AvgIpc) is 2.25. The van der Waals surface area contributed by atoms with Crippen molar-refractivity contribution in [1.82, 2.24) is 4.72 Å². The number of sulfonamides is 1. The number of nitrogens with one attached hydrogen (secondary N) is 1. The number of rotatable bonds is 6. The minimum atomic E-state index is -3.56. The molecule has 0 aromatic heterocycles. The van der Waals surface area contributed by atoms with E-state index in [1.165, 1.54) is 0 Å². The summed E-state index contributed by atoms with van der Waals surface area (Å²) in [6.07, 6.45) is 0.667. The van der Waals surface area contributed by atoms with Gasteiger partial charge in [0.1, 0.15) is 0 Å². The molecule has 0 aliphatic carbocycles. The fourth-order valence-electron chi connectivity index (χ4n) is 2.12. The van der Waals surface area contributed by atoms with Gasteiger partial charge in [-0.05, 0) is 43.5 Å². The van der Waals surface area contributed by atoms with E-state index in [0.717, 1.165) is 0 Å². The first-order valence-electron chi connectivity index (χ1n) is 6.19. The summed E-state index contributed by atoms with van der Waals surface area (Å²) in [6, 6.07) is 3.10. The van der Waals surface area contributed by atoms with Gasteiger partial charge in [-0.15, -0.1) is 0 Å². The third-order valence-corrected chi connectivity index (χ3v) is 4.76. The van der Waals surface area contributed by atoms with Crippen LogP contribution in [0.4, 0.5) is 5.69 Å². The standard InChI is InChI=1S/C13H22N2O3S/c1-5-12(8-18-4)15-19(16,17)13-9(2)6-11(14)7-10(13)3/h6-7,12,15H,5,8,14H2,1-4H3. The number of benzene rings is 1. The molecule has 0 saturated carbocycles. The number of hydrogen-bond donors (Lipinski definition) is 2. The van der Waals surface area contributed by atoms with Crippen LogP contribution in [0.1, 0.15) is 24.5 Å². The summed E-state index contributed by atoms with van der Waals surface area (Å²) in [6.45, 7) is 5.75. The number of nitrogen functional groups attached to an aromatic ring is 1. The maximum atomic E-state index is 12.4. The Morgan fingerprint density at radius 3 is 2.26 bits per heavy atom. The molecule has 108 valence electrons. The molecule has 0 radical (unpaired) electrons. The molecule has 0 spiro atoms. The highest BCUT2D eigenvalue weighted by Crippen LogP contribution is 2.23. The summed E-state index contributed by atoms with van der Waals surface area (Å²) in [5.41, 5.74) is 7.58. The topological polar surface area (TPSA) is 81.4 Å². The van der Waals surface area contributed by atoms with Crippen molar-refractivity contribution in [2.75, 3.05) is 19.5 Å². The predicted octanol–water partition coefficient (Wildman–Crippen LogP) is 1.59. The molecule has 0 saturated heterocycles. The number of aryl methyl sites for hydroxylation is 2. The van der Waals surface area contributed by atoms with E-state index in [1.54, 1.807) is 33.1 Å². The zero-order valence-electron chi connectivity index (χ0n) is 11.9. The van der Waals surface area contributed by atoms with Crippen LogP contribution in [0.3, 0.4) is 0 Å². The molecule has 1 atom stereocenters. The molecule has 0 amide bonds. The molecular weight excluding hydrogens is 264 g/mol. The van der Waals surface area contributed by atoms with Crippen molar-refractivity contribution in [1.29, 1.82) is 0 Å². The Bertz CT molecular complexity index is 518. The Hall–Kier alpha value is -1.11. The molecule has 0 aliphatic heterocycles. The molecule has 5 nitrogen and oxygen atoms in total. The summed E-state index contributed by atoms with van der Waals surface area (Å²) in [4.78, 5) is 0.302. The Morgan fingerprint density at radius 2 is 1.84 bits per heavy atom. The second kappa shape index (κ2) is 6.36. The molecule has 1 aromatic rings. The fraction of sp³-hybridized carbons (Fsp3) is 0.538. The second-order valence-electron chi connectivity index (χ2n) is 4.67. The molecule has 3 N–H and O–H groups in total. The van der Waals surface area contributed by atoms with Crippen molar-refractivity contribution in [3.8, 4) is 0 Å². The van der Waals surface area contributed by atoms with Crippen LogP contribution >= 0.6 is 0 Å². The molecule has 6 heteroatoms. The van der Waals surface area contributed by atoms with E-state index < -0.39 is 10.0 Å². The van der Waals surface area contributed by atoms with Crippen molar-refractivity contribution < 1.29 is 13.2 Å². The van der Waals surface area contributed by atoms with Crippen LogP contribution in [-0.2, 0) is 14.8 Å². The number of anilines is 1. The van der Waals surface area contributed by atoms with Crippen molar-refractivity contribution in [2.24, 2.45) is 0 Å². The maximum Gasteiger partial charge on any atom is 0.241 e. The SMILES string of the molecule is CCC(COC)NS(=O)(=O)c1c(C)cc(N)cc1C. The average molecular weight is 286 g/mol. The lowest BCUT2D eigenvalue weighted by Gasteiger charge is -2.18. The third kappa shape index (κ3) is 3.92. The molecule has 1 aromatic carbocycles. The zero-order valence-corrected chi connectivity index (χ0v) is 12.7. The highest BCUT2D eigenvalue weighted by atomic mass is 32.2. The van der Waals surface area contributed by atoms with Gasteiger partial charge in [0.2, 0.25) is 10.0 Å². The summed E-state index contributed by atoms with van der Waals surface area (Å²) in [5.74, 6) is 0. The van der Waals surface area contributed by atoms with Crippen LogP contribution in [-0.4, -0.2) is 28.2 Å². The summed E-state index contributed by atoms with van der Waals surface area (Å²) in [7, 11) is -2.01. The highest BCUT2D eigenvalue weighted by Gasteiger charge is 2.23.